The fourth-order valence-corrected chi connectivity index (χ4v) is 9.36. The first-order chi connectivity index (χ1) is 26.9. The minimum absolute atomic E-state index is 0.873. The Morgan fingerprint density at radius 2 is 0.754 bits per heavy atom. The van der Waals surface area contributed by atoms with Gasteiger partial charge in [-0.15, -0.1) is 0 Å². The summed E-state index contributed by atoms with van der Waals surface area (Å²) in [6, 6.07) is 13.5. The second-order valence-corrected chi connectivity index (χ2v) is 17.9. The van der Waals surface area contributed by atoms with Crippen molar-refractivity contribution in [3.63, 3.8) is 0 Å². The lowest BCUT2D eigenvalue weighted by molar-refractivity contribution is 1.09. The van der Waals surface area contributed by atoms with E-state index in [-0.39, 0.29) is 0 Å². The topological polar surface area (TPSA) is 25.8 Å². The fraction of sp³-hybridized carbons (Fsp3) is 0.283. The predicted octanol–water partition coefficient (Wildman–Crippen LogP) is 14.0. The zero-order valence-electron chi connectivity index (χ0n) is 35.8. The van der Waals surface area contributed by atoms with Gasteiger partial charge < -0.3 is 0 Å². The molecule has 1 aliphatic carbocycles. The summed E-state index contributed by atoms with van der Waals surface area (Å²) in [5.41, 5.74) is 30.7. The number of rotatable bonds is 2. The van der Waals surface area contributed by atoms with Crippen LogP contribution in [0.15, 0.2) is 45.3 Å². The van der Waals surface area contributed by atoms with Crippen molar-refractivity contribution in [3.05, 3.63) is 157 Å². The van der Waals surface area contributed by atoms with Crippen LogP contribution in [-0.4, -0.2) is 9.97 Å². The quantitative estimate of drug-likeness (QED) is 0.162. The van der Waals surface area contributed by atoms with E-state index in [1.807, 2.05) is 0 Å². The van der Waals surface area contributed by atoms with Gasteiger partial charge in [-0.3, -0.25) is 9.97 Å². The Bertz CT molecular complexity index is 2690. The number of halogens is 2. The Kier molecular flexibility index (Phi) is 10.8. The molecule has 2 nitrogen and oxygen atoms in total. The monoisotopic (exact) mass is 872 g/mol. The van der Waals surface area contributed by atoms with Crippen LogP contribution in [0.4, 0.5) is 0 Å². The van der Waals surface area contributed by atoms with Crippen molar-refractivity contribution in [2.75, 3.05) is 0 Å². The fourth-order valence-electron chi connectivity index (χ4n) is 8.38. The third kappa shape index (κ3) is 7.00. The number of hydrogen-bond donors (Lipinski definition) is 0. The summed E-state index contributed by atoms with van der Waals surface area (Å²) in [4.78, 5) is 10.1. The molecule has 0 spiro atoms. The molecule has 0 aliphatic heterocycles. The Labute approximate surface area is 357 Å². The van der Waals surface area contributed by atoms with E-state index in [0.717, 1.165) is 71.5 Å². The Hall–Kier alpha value is -4.74. The van der Waals surface area contributed by atoms with E-state index in [0.29, 0.717) is 0 Å². The second-order valence-electron chi connectivity index (χ2n) is 16.2. The summed E-state index contributed by atoms with van der Waals surface area (Å²) in [7, 11) is 0. The number of aromatic nitrogens is 2. The van der Waals surface area contributed by atoms with Crippen LogP contribution in [0, 0.1) is 121 Å². The molecule has 286 valence electrons. The number of aryl methyl sites for hydroxylation is 4. The van der Waals surface area contributed by atoms with Crippen LogP contribution in [0.5, 0.6) is 0 Å². The van der Waals surface area contributed by atoms with Crippen molar-refractivity contribution >= 4 is 31.9 Å². The van der Waals surface area contributed by atoms with Gasteiger partial charge in [-0.1, -0.05) is 23.7 Å². The highest BCUT2D eigenvalue weighted by Gasteiger charge is 2.23. The van der Waals surface area contributed by atoms with E-state index >= 15 is 0 Å². The molecule has 6 aromatic rings. The van der Waals surface area contributed by atoms with Crippen molar-refractivity contribution in [1.82, 2.24) is 9.97 Å². The number of benzene rings is 4. The first-order valence-electron chi connectivity index (χ1n) is 19.7. The molecule has 57 heavy (non-hydrogen) atoms. The van der Waals surface area contributed by atoms with Gasteiger partial charge in [-0.05, 0) is 261 Å². The molecule has 0 saturated heterocycles. The van der Waals surface area contributed by atoms with Crippen LogP contribution in [0.1, 0.15) is 112 Å². The molecule has 0 N–H and O–H groups in total. The lowest BCUT2D eigenvalue weighted by atomic mass is 9.89. The lowest BCUT2D eigenvalue weighted by Crippen LogP contribution is -2.03. The van der Waals surface area contributed by atoms with Crippen molar-refractivity contribution in [2.24, 2.45) is 0 Å². The maximum Gasteiger partial charge on any atom is 0.0740 e. The summed E-state index contributed by atoms with van der Waals surface area (Å²) in [5, 5.41) is 0. The van der Waals surface area contributed by atoms with Crippen molar-refractivity contribution in [1.29, 1.82) is 0 Å². The zero-order valence-corrected chi connectivity index (χ0v) is 39.0. The Morgan fingerprint density at radius 3 is 1.12 bits per heavy atom. The molecule has 2 heterocycles. The standard InChI is InChI=1S/C53H50Br2N2/c1-26-19-46(52-36(11)28(3)30(5)38(13)56-52)34(9)32(7)44(26)17-15-40-22-48-42(24-50(40)54)21-43-25-51(55)41(23-49(43)48)16-18-45-27(2)20-47(35(10)33(45)8)53-37(12)29(4)31(6)39(14)57-53/h19-20,22-25H,21H2,1-14H3. The molecule has 0 radical (unpaired) electrons. The Balaban J connectivity index is 1.24. The summed E-state index contributed by atoms with van der Waals surface area (Å²) < 4.78 is 2.03. The molecular weight excluding hydrogens is 824 g/mol. The summed E-state index contributed by atoms with van der Waals surface area (Å²) in [6.45, 7) is 30.4. The van der Waals surface area contributed by atoms with Crippen LogP contribution < -0.4 is 0 Å². The SMILES string of the molecule is Cc1cc(-c2nc(C)c(C)c(C)c2C)c(C)c(C)c1C#Cc1cc2c(cc1Br)Cc1cc(Br)c(C#Cc3c(C)cc(-c4nc(C)c(C)c(C)c4C)c(C)c3C)cc1-2. The van der Waals surface area contributed by atoms with Gasteiger partial charge in [-0.25, -0.2) is 0 Å². The molecule has 0 atom stereocenters. The van der Waals surface area contributed by atoms with E-state index in [1.54, 1.807) is 0 Å². The van der Waals surface area contributed by atoms with Crippen LogP contribution >= 0.6 is 31.9 Å². The molecule has 0 bridgehead atoms. The summed E-state index contributed by atoms with van der Waals surface area (Å²) in [5.74, 6) is 14.3. The van der Waals surface area contributed by atoms with Gasteiger partial charge >= 0.3 is 0 Å². The van der Waals surface area contributed by atoms with Crippen molar-refractivity contribution < 1.29 is 0 Å². The van der Waals surface area contributed by atoms with Crippen molar-refractivity contribution in [2.45, 2.75) is 103 Å². The summed E-state index contributed by atoms with van der Waals surface area (Å²) >= 11 is 7.75. The zero-order chi connectivity index (χ0) is 41.4. The van der Waals surface area contributed by atoms with Gasteiger partial charge in [0.2, 0.25) is 0 Å². The lowest BCUT2D eigenvalue weighted by Gasteiger charge is -2.18. The maximum absolute atomic E-state index is 5.05. The van der Waals surface area contributed by atoms with E-state index in [2.05, 4.69) is 189 Å². The first kappa shape index (κ1) is 40.5. The predicted molar refractivity (Wildman–Crippen MR) is 248 cm³/mol. The molecule has 7 rings (SSSR count). The van der Waals surface area contributed by atoms with Gasteiger partial charge in [0.15, 0.2) is 0 Å². The maximum atomic E-state index is 5.05. The highest BCUT2D eigenvalue weighted by atomic mass is 79.9. The first-order valence-corrected chi connectivity index (χ1v) is 21.3. The van der Waals surface area contributed by atoms with Crippen LogP contribution in [0.3, 0.4) is 0 Å². The molecule has 0 amide bonds. The second kappa shape index (κ2) is 15.2. The van der Waals surface area contributed by atoms with Gasteiger partial charge in [0.25, 0.3) is 0 Å². The number of hydrogen-bond acceptors (Lipinski definition) is 2. The minimum Gasteiger partial charge on any atom is -0.253 e. The third-order valence-corrected chi connectivity index (χ3v) is 14.3. The molecule has 0 fully saturated rings. The smallest absolute Gasteiger partial charge is 0.0740 e. The van der Waals surface area contributed by atoms with Crippen molar-refractivity contribution in [3.8, 4) is 57.3 Å². The molecular formula is C53H50Br2N2. The minimum atomic E-state index is 0.873. The Morgan fingerprint density at radius 1 is 0.386 bits per heavy atom. The average Bonchev–Trinajstić information content (AvgIpc) is 3.50. The van der Waals surface area contributed by atoms with Crippen LogP contribution in [0.2, 0.25) is 0 Å². The van der Waals surface area contributed by atoms with E-state index in [9.17, 15) is 0 Å². The number of pyridine rings is 2. The molecule has 2 aromatic heterocycles. The normalized spacial score (nSPS) is 11.5. The number of fused-ring (bicyclic) bond motifs is 3. The third-order valence-electron chi connectivity index (χ3n) is 13.0. The average molecular weight is 875 g/mol. The molecule has 0 saturated carbocycles. The van der Waals surface area contributed by atoms with Gasteiger partial charge in [-0.2, -0.15) is 0 Å². The largest absolute Gasteiger partial charge is 0.253 e. The summed E-state index contributed by atoms with van der Waals surface area (Å²) in [6.07, 6.45) is 0.873. The van der Waals surface area contributed by atoms with E-state index < -0.39 is 0 Å². The van der Waals surface area contributed by atoms with Crippen LogP contribution in [0.25, 0.3) is 33.6 Å². The molecule has 1 aliphatic rings. The molecule has 0 unspecified atom stereocenters. The van der Waals surface area contributed by atoms with Gasteiger partial charge in [0.1, 0.15) is 0 Å². The highest BCUT2D eigenvalue weighted by molar-refractivity contribution is 9.10. The van der Waals surface area contributed by atoms with Crippen LogP contribution in [-0.2, 0) is 6.42 Å². The van der Waals surface area contributed by atoms with Gasteiger partial charge in [0.05, 0.1) is 11.4 Å². The molecule has 4 heteroatoms. The van der Waals surface area contributed by atoms with E-state index in [4.69, 9.17) is 9.97 Å². The number of nitrogens with zero attached hydrogens (tertiary/aromatic N) is 2. The van der Waals surface area contributed by atoms with Gasteiger partial charge in [0, 0.05) is 53.7 Å². The highest BCUT2D eigenvalue weighted by Crippen LogP contribution is 2.42. The van der Waals surface area contributed by atoms with E-state index in [1.165, 1.54) is 89.0 Å². The molecule has 4 aromatic carbocycles.